The Bertz CT molecular complexity index is 803. The van der Waals surface area contributed by atoms with E-state index in [1.807, 2.05) is 54.6 Å². The van der Waals surface area contributed by atoms with E-state index >= 15 is 0 Å². The Hall–Kier alpha value is -2.88. The van der Waals surface area contributed by atoms with Gasteiger partial charge in [0.25, 0.3) is 5.91 Å². The molecule has 1 N–H and O–H groups in total. The van der Waals surface area contributed by atoms with E-state index in [2.05, 4.69) is 10.3 Å². The molecule has 2 aromatic carbocycles. The van der Waals surface area contributed by atoms with Crippen LogP contribution in [0.15, 0.2) is 67.0 Å². The average molecular weight is 306 g/mol. The minimum absolute atomic E-state index is 0.144. The second-order valence-electron chi connectivity index (χ2n) is 5.34. The van der Waals surface area contributed by atoms with Gasteiger partial charge in [0.2, 0.25) is 0 Å². The van der Waals surface area contributed by atoms with Gasteiger partial charge in [0, 0.05) is 18.9 Å². The van der Waals surface area contributed by atoms with Gasteiger partial charge < -0.3 is 10.1 Å². The predicted octanol–water partition coefficient (Wildman–Crippen LogP) is 3.32. The van der Waals surface area contributed by atoms with Gasteiger partial charge in [-0.25, -0.2) is 0 Å². The summed E-state index contributed by atoms with van der Waals surface area (Å²) in [6.07, 6.45) is 2.85. The third-order valence-corrected chi connectivity index (χ3v) is 3.62. The predicted molar refractivity (Wildman–Crippen MR) is 90.1 cm³/mol. The van der Waals surface area contributed by atoms with Crippen LogP contribution in [0, 0.1) is 0 Å². The summed E-state index contributed by atoms with van der Waals surface area (Å²) in [7, 11) is 0. The molecule has 4 nitrogen and oxygen atoms in total. The molecule has 0 fully saturated rings. The lowest BCUT2D eigenvalue weighted by Gasteiger charge is -2.15. The highest BCUT2D eigenvalue weighted by Gasteiger charge is 2.14. The molecule has 1 atom stereocenters. The molecule has 1 heterocycles. The van der Waals surface area contributed by atoms with Crippen molar-refractivity contribution < 1.29 is 9.53 Å². The molecule has 0 saturated carbocycles. The minimum Gasteiger partial charge on any atom is -0.481 e. The summed E-state index contributed by atoms with van der Waals surface area (Å²) in [6.45, 7) is 2.21. The van der Waals surface area contributed by atoms with E-state index in [0.29, 0.717) is 12.3 Å². The molecule has 0 aliphatic rings. The van der Waals surface area contributed by atoms with Gasteiger partial charge in [-0.05, 0) is 47.5 Å². The van der Waals surface area contributed by atoms with E-state index in [9.17, 15) is 4.79 Å². The zero-order valence-corrected chi connectivity index (χ0v) is 12.9. The van der Waals surface area contributed by atoms with E-state index in [0.717, 1.165) is 16.3 Å². The number of benzene rings is 2. The van der Waals surface area contributed by atoms with Crippen LogP contribution in [0.3, 0.4) is 0 Å². The summed E-state index contributed by atoms with van der Waals surface area (Å²) in [4.78, 5) is 16.1. The van der Waals surface area contributed by atoms with Crippen LogP contribution in [0.4, 0.5) is 0 Å². The second kappa shape index (κ2) is 6.92. The van der Waals surface area contributed by atoms with Crippen LogP contribution in [-0.4, -0.2) is 17.0 Å². The van der Waals surface area contributed by atoms with Gasteiger partial charge in [0.15, 0.2) is 6.10 Å². The summed E-state index contributed by atoms with van der Waals surface area (Å²) < 4.78 is 5.75. The molecule has 0 unspecified atom stereocenters. The first-order chi connectivity index (χ1) is 11.2. The number of nitrogens with zero attached hydrogens (tertiary/aromatic N) is 1. The van der Waals surface area contributed by atoms with Gasteiger partial charge in [-0.1, -0.05) is 30.3 Å². The molecule has 4 heteroatoms. The number of pyridine rings is 1. The van der Waals surface area contributed by atoms with Gasteiger partial charge in [0.05, 0.1) is 0 Å². The molecule has 23 heavy (non-hydrogen) atoms. The van der Waals surface area contributed by atoms with Crippen molar-refractivity contribution >= 4 is 16.7 Å². The molecular weight excluding hydrogens is 288 g/mol. The van der Waals surface area contributed by atoms with E-state index in [-0.39, 0.29) is 5.91 Å². The summed E-state index contributed by atoms with van der Waals surface area (Å²) in [5, 5.41) is 5.10. The fourth-order valence-electron chi connectivity index (χ4n) is 2.33. The van der Waals surface area contributed by atoms with Gasteiger partial charge in [-0.2, -0.15) is 0 Å². The van der Waals surface area contributed by atoms with Crippen molar-refractivity contribution in [3.05, 3.63) is 72.6 Å². The SMILES string of the molecule is C[C@H](Oc1ccc2ccccc2c1)C(=O)NCc1ccncc1. The van der Waals surface area contributed by atoms with Crippen molar-refractivity contribution in [3.8, 4) is 5.75 Å². The van der Waals surface area contributed by atoms with E-state index < -0.39 is 6.10 Å². The third kappa shape index (κ3) is 3.86. The number of aromatic nitrogens is 1. The Labute approximate surface area is 135 Å². The van der Waals surface area contributed by atoms with Crippen LogP contribution in [-0.2, 0) is 11.3 Å². The monoisotopic (exact) mass is 306 g/mol. The summed E-state index contributed by atoms with van der Waals surface area (Å²) >= 11 is 0. The third-order valence-electron chi connectivity index (χ3n) is 3.62. The van der Waals surface area contributed by atoms with Crippen molar-refractivity contribution in [1.29, 1.82) is 0 Å². The summed E-state index contributed by atoms with van der Waals surface area (Å²) in [6, 6.07) is 17.6. The molecule has 0 aliphatic heterocycles. The molecule has 0 radical (unpaired) electrons. The van der Waals surface area contributed by atoms with Crippen molar-refractivity contribution in [2.45, 2.75) is 19.6 Å². The van der Waals surface area contributed by atoms with Crippen molar-refractivity contribution in [3.63, 3.8) is 0 Å². The first kappa shape index (κ1) is 15.0. The normalized spacial score (nSPS) is 11.9. The maximum Gasteiger partial charge on any atom is 0.261 e. The Morgan fingerprint density at radius 1 is 1.09 bits per heavy atom. The van der Waals surface area contributed by atoms with Crippen LogP contribution in [0.1, 0.15) is 12.5 Å². The number of carbonyl (C=O) groups excluding carboxylic acids is 1. The first-order valence-corrected chi connectivity index (χ1v) is 7.54. The maximum atomic E-state index is 12.1. The van der Waals surface area contributed by atoms with E-state index in [1.165, 1.54) is 0 Å². The molecule has 3 rings (SSSR count). The molecule has 0 bridgehead atoms. The van der Waals surface area contributed by atoms with E-state index in [1.54, 1.807) is 19.3 Å². The van der Waals surface area contributed by atoms with Gasteiger partial charge >= 0.3 is 0 Å². The van der Waals surface area contributed by atoms with Crippen LogP contribution in [0.5, 0.6) is 5.75 Å². The number of fused-ring (bicyclic) bond motifs is 1. The number of hydrogen-bond donors (Lipinski definition) is 1. The Morgan fingerprint density at radius 3 is 2.61 bits per heavy atom. The first-order valence-electron chi connectivity index (χ1n) is 7.54. The fourth-order valence-corrected chi connectivity index (χ4v) is 2.33. The van der Waals surface area contributed by atoms with Gasteiger partial charge in [-0.3, -0.25) is 9.78 Å². The Kier molecular flexibility index (Phi) is 4.52. The second-order valence-corrected chi connectivity index (χ2v) is 5.34. The lowest BCUT2D eigenvalue weighted by molar-refractivity contribution is -0.127. The molecule has 0 spiro atoms. The van der Waals surface area contributed by atoms with Gasteiger partial charge in [-0.15, -0.1) is 0 Å². The van der Waals surface area contributed by atoms with Gasteiger partial charge in [0.1, 0.15) is 5.75 Å². The number of hydrogen-bond acceptors (Lipinski definition) is 3. The fraction of sp³-hybridized carbons (Fsp3) is 0.158. The standard InChI is InChI=1S/C19H18N2O2/c1-14(19(22)21-13-15-8-10-20-11-9-15)23-18-7-6-16-4-2-3-5-17(16)12-18/h2-12,14H,13H2,1H3,(H,21,22)/t14-/m0/s1. The minimum atomic E-state index is -0.557. The zero-order valence-electron chi connectivity index (χ0n) is 12.9. The highest BCUT2D eigenvalue weighted by atomic mass is 16.5. The zero-order chi connectivity index (χ0) is 16.1. The quantitative estimate of drug-likeness (QED) is 0.786. The lowest BCUT2D eigenvalue weighted by atomic mass is 10.1. The Morgan fingerprint density at radius 2 is 1.83 bits per heavy atom. The van der Waals surface area contributed by atoms with Crippen LogP contribution in [0.2, 0.25) is 0 Å². The molecule has 3 aromatic rings. The van der Waals surface area contributed by atoms with Crippen LogP contribution < -0.4 is 10.1 Å². The lowest BCUT2D eigenvalue weighted by Crippen LogP contribution is -2.35. The van der Waals surface area contributed by atoms with E-state index in [4.69, 9.17) is 4.74 Å². The molecule has 0 aliphatic carbocycles. The number of nitrogens with one attached hydrogen (secondary N) is 1. The average Bonchev–Trinajstić information content (AvgIpc) is 2.60. The largest absolute Gasteiger partial charge is 0.481 e. The summed E-state index contributed by atoms with van der Waals surface area (Å²) in [5.41, 5.74) is 1.01. The Balaban J connectivity index is 1.60. The molecule has 116 valence electrons. The number of rotatable bonds is 5. The molecule has 1 amide bonds. The molecule has 0 saturated heterocycles. The van der Waals surface area contributed by atoms with Crippen LogP contribution >= 0.6 is 0 Å². The topological polar surface area (TPSA) is 51.2 Å². The van der Waals surface area contributed by atoms with Crippen molar-refractivity contribution in [2.24, 2.45) is 0 Å². The highest BCUT2D eigenvalue weighted by Crippen LogP contribution is 2.21. The van der Waals surface area contributed by atoms with Crippen molar-refractivity contribution in [2.75, 3.05) is 0 Å². The highest BCUT2D eigenvalue weighted by molar-refractivity contribution is 5.84. The summed E-state index contributed by atoms with van der Waals surface area (Å²) in [5.74, 6) is 0.547. The number of amides is 1. The molecular formula is C19H18N2O2. The van der Waals surface area contributed by atoms with Crippen molar-refractivity contribution in [1.82, 2.24) is 10.3 Å². The number of ether oxygens (including phenoxy) is 1. The van der Waals surface area contributed by atoms with Crippen LogP contribution in [0.25, 0.3) is 10.8 Å². The smallest absolute Gasteiger partial charge is 0.261 e. The maximum absolute atomic E-state index is 12.1. The number of carbonyl (C=O) groups is 1. The molecule has 1 aromatic heterocycles.